The Kier molecular flexibility index (Phi) is 4.30. The Labute approximate surface area is 228 Å². The van der Waals surface area contributed by atoms with Crippen molar-refractivity contribution in [2.75, 3.05) is 0 Å². The van der Waals surface area contributed by atoms with Crippen molar-refractivity contribution < 1.29 is 4.42 Å². The average Bonchev–Trinajstić information content (AvgIpc) is 3.54. The van der Waals surface area contributed by atoms with Crippen LogP contribution in [0.4, 0.5) is 0 Å². The van der Waals surface area contributed by atoms with Gasteiger partial charge in [0.1, 0.15) is 11.2 Å². The molecule has 0 N–H and O–H groups in total. The third-order valence-electron chi connectivity index (χ3n) is 8.18. The molecule has 0 saturated heterocycles. The van der Waals surface area contributed by atoms with Gasteiger partial charge in [-0.2, -0.15) is 10.2 Å². The van der Waals surface area contributed by atoms with Crippen molar-refractivity contribution >= 4 is 65.3 Å². The van der Waals surface area contributed by atoms with Crippen LogP contribution in [0.3, 0.4) is 0 Å². The third-order valence-corrected chi connectivity index (χ3v) is 8.18. The highest BCUT2D eigenvalue weighted by atomic mass is 16.3. The lowest BCUT2D eigenvalue weighted by Crippen LogP contribution is -1.97. The highest BCUT2D eigenvalue weighted by Gasteiger charge is 2.17. The van der Waals surface area contributed by atoms with Gasteiger partial charge in [-0.05, 0) is 64.4 Å². The van der Waals surface area contributed by atoms with Crippen LogP contribution in [0.15, 0.2) is 132 Å². The molecular weight excluding hydrogens is 490 g/mol. The molecule has 9 aromatic rings. The molecule has 3 aromatic heterocycles. The molecule has 0 aliphatic carbocycles. The van der Waals surface area contributed by atoms with Gasteiger partial charge in [-0.1, -0.05) is 72.8 Å². The second-order valence-corrected chi connectivity index (χ2v) is 10.3. The lowest BCUT2D eigenvalue weighted by Gasteiger charge is -2.14. The van der Waals surface area contributed by atoms with Crippen LogP contribution in [0, 0.1) is 0 Å². The lowest BCUT2D eigenvalue weighted by molar-refractivity contribution is 0.669. The van der Waals surface area contributed by atoms with Crippen molar-refractivity contribution in [3.8, 4) is 16.8 Å². The molecule has 186 valence electrons. The molecule has 0 spiro atoms. The maximum Gasteiger partial charge on any atom is 0.136 e. The topological polar surface area (TPSA) is 43.9 Å². The van der Waals surface area contributed by atoms with Gasteiger partial charge >= 0.3 is 0 Å². The molecular formula is C36H21N3O. The standard InChI is InChI=1S/C36H21N3O/c1-2-8-23-18-34-29(17-22(23)7-1)26-9-3-5-11-32(26)39(34)33-16-15-25(30-20-37-38-21-31(30)33)24-13-14-28-27-10-4-6-12-35(27)40-36(28)19-24/h1-21H. The summed E-state index contributed by atoms with van der Waals surface area (Å²) in [5.41, 5.74) is 7.40. The van der Waals surface area contributed by atoms with Gasteiger partial charge in [-0.3, -0.25) is 0 Å². The quantitative estimate of drug-likeness (QED) is 0.232. The van der Waals surface area contributed by atoms with Crippen LogP contribution >= 0.6 is 0 Å². The van der Waals surface area contributed by atoms with E-state index in [0.717, 1.165) is 49.5 Å². The first-order valence-electron chi connectivity index (χ1n) is 13.4. The van der Waals surface area contributed by atoms with Gasteiger partial charge in [0, 0.05) is 32.3 Å². The van der Waals surface area contributed by atoms with Crippen molar-refractivity contribution in [3.05, 3.63) is 128 Å². The largest absolute Gasteiger partial charge is 0.456 e. The summed E-state index contributed by atoms with van der Waals surface area (Å²) in [6, 6.07) is 40.8. The van der Waals surface area contributed by atoms with Crippen LogP contribution in [-0.4, -0.2) is 14.8 Å². The monoisotopic (exact) mass is 511 g/mol. The molecule has 4 heteroatoms. The van der Waals surface area contributed by atoms with Crippen molar-refractivity contribution in [3.63, 3.8) is 0 Å². The summed E-state index contributed by atoms with van der Waals surface area (Å²) < 4.78 is 8.58. The molecule has 4 nitrogen and oxygen atoms in total. The van der Waals surface area contributed by atoms with Gasteiger partial charge in [0.05, 0.1) is 29.1 Å². The smallest absolute Gasteiger partial charge is 0.136 e. The fraction of sp³-hybridized carbons (Fsp3) is 0. The number of hydrogen-bond acceptors (Lipinski definition) is 3. The maximum absolute atomic E-state index is 6.21. The van der Waals surface area contributed by atoms with Gasteiger partial charge in [-0.25, -0.2) is 0 Å². The van der Waals surface area contributed by atoms with E-state index in [4.69, 9.17) is 4.42 Å². The van der Waals surface area contributed by atoms with E-state index in [1.807, 2.05) is 30.6 Å². The van der Waals surface area contributed by atoms with Crippen LogP contribution in [0.5, 0.6) is 0 Å². The van der Waals surface area contributed by atoms with E-state index >= 15 is 0 Å². The van der Waals surface area contributed by atoms with Gasteiger partial charge < -0.3 is 8.98 Å². The number of para-hydroxylation sites is 2. The highest BCUT2D eigenvalue weighted by Crippen LogP contribution is 2.40. The zero-order valence-electron chi connectivity index (χ0n) is 21.4. The van der Waals surface area contributed by atoms with Crippen LogP contribution < -0.4 is 0 Å². The van der Waals surface area contributed by atoms with Crippen molar-refractivity contribution in [1.82, 2.24) is 14.8 Å². The molecule has 0 aliphatic rings. The Morgan fingerprint density at radius 1 is 0.475 bits per heavy atom. The van der Waals surface area contributed by atoms with E-state index in [1.54, 1.807) is 0 Å². The number of furan rings is 1. The van der Waals surface area contributed by atoms with Crippen molar-refractivity contribution in [2.24, 2.45) is 0 Å². The molecule has 0 saturated carbocycles. The first-order chi connectivity index (χ1) is 19.8. The van der Waals surface area contributed by atoms with E-state index in [-0.39, 0.29) is 0 Å². The Morgan fingerprint density at radius 2 is 1.20 bits per heavy atom. The fourth-order valence-electron chi connectivity index (χ4n) is 6.34. The second kappa shape index (κ2) is 8.01. The third kappa shape index (κ3) is 2.96. The first kappa shape index (κ1) is 21.5. The van der Waals surface area contributed by atoms with Gasteiger partial charge in [0.15, 0.2) is 0 Å². The van der Waals surface area contributed by atoms with E-state index < -0.39 is 0 Å². The normalized spacial score (nSPS) is 12.0. The van der Waals surface area contributed by atoms with Crippen LogP contribution in [-0.2, 0) is 0 Å². The molecule has 3 heterocycles. The lowest BCUT2D eigenvalue weighted by atomic mass is 9.98. The summed E-state index contributed by atoms with van der Waals surface area (Å²) in [5, 5.41) is 17.9. The molecule has 9 rings (SSSR count). The highest BCUT2D eigenvalue weighted by molar-refractivity contribution is 6.15. The van der Waals surface area contributed by atoms with Crippen molar-refractivity contribution in [2.45, 2.75) is 0 Å². The van der Waals surface area contributed by atoms with E-state index in [1.165, 1.54) is 32.6 Å². The molecule has 40 heavy (non-hydrogen) atoms. The number of rotatable bonds is 2. The Morgan fingerprint density at radius 3 is 2.10 bits per heavy atom. The fourth-order valence-corrected chi connectivity index (χ4v) is 6.34. The zero-order valence-corrected chi connectivity index (χ0v) is 21.4. The number of aromatic nitrogens is 3. The molecule has 0 aliphatic heterocycles. The van der Waals surface area contributed by atoms with Gasteiger partial charge in [0.25, 0.3) is 0 Å². The number of hydrogen-bond donors (Lipinski definition) is 0. The molecule has 0 unspecified atom stereocenters. The van der Waals surface area contributed by atoms with Crippen LogP contribution in [0.1, 0.15) is 0 Å². The summed E-state index contributed by atoms with van der Waals surface area (Å²) in [6.45, 7) is 0. The summed E-state index contributed by atoms with van der Waals surface area (Å²) >= 11 is 0. The molecule has 6 aromatic carbocycles. The first-order valence-corrected chi connectivity index (χ1v) is 13.4. The number of nitrogens with zero attached hydrogens (tertiary/aromatic N) is 3. The Balaban J connectivity index is 1.33. The van der Waals surface area contributed by atoms with Crippen LogP contribution in [0.25, 0.3) is 82.1 Å². The van der Waals surface area contributed by atoms with E-state index in [0.29, 0.717) is 0 Å². The summed E-state index contributed by atoms with van der Waals surface area (Å²) in [5.74, 6) is 0. The minimum atomic E-state index is 0.882. The van der Waals surface area contributed by atoms with E-state index in [9.17, 15) is 0 Å². The SMILES string of the molecule is c1ccc2cc3c(cc2c1)c1ccccc1n3-c1ccc(-c2ccc3c(c2)oc2ccccc23)c2cnncc12. The van der Waals surface area contributed by atoms with Crippen LogP contribution in [0.2, 0.25) is 0 Å². The predicted molar refractivity (Wildman–Crippen MR) is 164 cm³/mol. The Hall–Kier alpha value is -5.48. The Bertz CT molecular complexity index is 2450. The molecule has 0 atom stereocenters. The predicted octanol–water partition coefficient (Wildman–Crippen LogP) is 9.45. The molecule has 0 bridgehead atoms. The summed E-state index contributed by atoms with van der Waals surface area (Å²) in [4.78, 5) is 0. The van der Waals surface area contributed by atoms with E-state index in [2.05, 4.69) is 112 Å². The molecule has 0 fully saturated rings. The minimum absolute atomic E-state index is 0.882. The summed E-state index contributed by atoms with van der Waals surface area (Å²) in [6.07, 6.45) is 3.76. The zero-order chi connectivity index (χ0) is 26.2. The number of benzene rings is 6. The number of fused-ring (bicyclic) bond motifs is 8. The average molecular weight is 512 g/mol. The minimum Gasteiger partial charge on any atom is -0.456 e. The maximum atomic E-state index is 6.21. The summed E-state index contributed by atoms with van der Waals surface area (Å²) in [7, 11) is 0. The van der Waals surface area contributed by atoms with Crippen molar-refractivity contribution in [1.29, 1.82) is 0 Å². The van der Waals surface area contributed by atoms with Gasteiger partial charge in [-0.15, -0.1) is 0 Å². The van der Waals surface area contributed by atoms with Gasteiger partial charge in [0.2, 0.25) is 0 Å². The molecule has 0 radical (unpaired) electrons. The molecule has 0 amide bonds. The second-order valence-electron chi connectivity index (χ2n) is 10.3.